The van der Waals surface area contributed by atoms with E-state index in [1.165, 1.54) is 4.68 Å². The quantitative estimate of drug-likeness (QED) is 0.719. The zero-order valence-corrected chi connectivity index (χ0v) is 15.2. The molecular formula is C18H22N6O2. The van der Waals surface area contributed by atoms with Crippen molar-refractivity contribution >= 4 is 11.6 Å². The molecule has 0 radical (unpaired) electrons. The summed E-state index contributed by atoms with van der Waals surface area (Å²) in [5, 5.41) is 9.83. The van der Waals surface area contributed by atoms with Crippen LogP contribution >= 0.6 is 0 Å². The van der Waals surface area contributed by atoms with Gasteiger partial charge in [-0.1, -0.05) is 18.2 Å². The van der Waals surface area contributed by atoms with E-state index in [4.69, 9.17) is 0 Å². The van der Waals surface area contributed by atoms with E-state index in [1.54, 1.807) is 49.8 Å². The van der Waals surface area contributed by atoms with Gasteiger partial charge in [0.15, 0.2) is 0 Å². The summed E-state index contributed by atoms with van der Waals surface area (Å²) >= 11 is 0. The molecule has 0 bridgehead atoms. The molecule has 1 amide bonds. The minimum Gasteiger partial charge on any atom is -0.318 e. The highest BCUT2D eigenvalue weighted by atomic mass is 16.2. The molecule has 0 aliphatic heterocycles. The van der Waals surface area contributed by atoms with Crippen LogP contribution in [0.5, 0.6) is 0 Å². The average molecular weight is 354 g/mol. The summed E-state index contributed by atoms with van der Waals surface area (Å²) in [5.41, 5.74) is 2.13. The van der Waals surface area contributed by atoms with Crippen molar-refractivity contribution in [1.82, 2.24) is 24.5 Å². The zero-order valence-electron chi connectivity index (χ0n) is 15.2. The van der Waals surface area contributed by atoms with E-state index < -0.39 is 6.04 Å². The molecule has 0 saturated heterocycles. The molecule has 0 aliphatic carbocycles. The van der Waals surface area contributed by atoms with Gasteiger partial charge in [-0.3, -0.25) is 19.0 Å². The molecule has 2 heterocycles. The van der Waals surface area contributed by atoms with Crippen molar-refractivity contribution in [2.75, 3.05) is 12.4 Å². The maximum absolute atomic E-state index is 12.9. The molecule has 0 saturated carbocycles. The molecule has 8 heteroatoms. The van der Waals surface area contributed by atoms with Crippen molar-refractivity contribution in [1.29, 1.82) is 0 Å². The number of rotatable bonds is 5. The number of amides is 1. The average Bonchev–Trinajstić information content (AvgIpc) is 3.14. The van der Waals surface area contributed by atoms with Crippen LogP contribution in [-0.2, 0) is 18.9 Å². The molecule has 136 valence electrons. The Kier molecular flexibility index (Phi) is 4.77. The minimum atomic E-state index is -0.604. The van der Waals surface area contributed by atoms with Crippen molar-refractivity contribution < 1.29 is 4.79 Å². The summed E-state index contributed by atoms with van der Waals surface area (Å²) in [6, 6.07) is 8.70. The van der Waals surface area contributed by atoms with Crippen molar-refractivity contribution in [3.63, 3.8) is 0 Å². The normalized spacial score (nSPS) is 12.2. The highest BCUT2D eigenvalue weighted by Crippen LogP contribution is 2.17. The maximum Gasteiger partial charge on any atom is 0.295 e. The van der Waals surface area contributed by atoms with Gasteiger partial charge in [-0.25, -0.2) is 4.68 Å². The van der Waals surface area contributed by atoms with Gasteiger partial charge in [0.1, 0.15) is 11.7 Å². The van der Waals surface area contributed by atoms with Crippen LogP contribution in [0.2, 0.25) is 0 Å². The number of para-hydroxylation sites is 1. The number of nitrogens with zero attached hydrogens (tertiary/aromatic N) is 4. The van der Waals surface area contributed by atoms with Gasteiger partial charge in [-0.05, 0) is 26.1 Å². The zero-order chi connectivity index (χ0) is 18.8. The van der Waals surface area contributed by atoms with Crippen molar-refractivity contribution in [2.24, 2.45) is 14.1 Å². The van der Waals surface area contributed by atoms with E-state index >= 15 is 0 Å². The minimum absolute atomic E-state index is 0.269. The predicted octanol–water partition coefficient (Wildman–Crippen LogP) is 1.12. The number of benzene rings is 1. The molecule has 8 nitrogen and oxygen atoms in total. The number of anilines is 1. The summed E-state index contributed by atoms with van der Waals surface area (Å²) in [7, 11) is 5.27. The monoisotopic (exact) mass is 354 g/mol. The van der Waals surface area contributed by atoms with Crippen LogP contribution in [-0.4, -0.2) is 32.1 Å². The van der Waals surface area contributed by atoms with Crippen molar-refractivity contribution in [3.05, 3.63) is 64.3 Å². The van der Waals surface area contributed by atoms with Crippen LogP contribution in [0.25, 0.3) is 5.69 Å². The first-order chi connectivity index (χ1) is 12.4. The molecule has 3 aromatic rings. The highest BCUT2D eigenvalue weighted by Gasteiger charge is 2.24. The Hall–Kier alpha value is -3.13. The third kappa shape index (κ3) is 3.06. The lowest BCUT2D eigenvalue weighted by atomic mass is 10.1. The van der Waals surface area contributed by atoms with E-state index in [0.717, 1.165) is 11.3 Å². The summed E-state index contributed by atoms with van der Waals surface area (Å²) in [4.78, 5) is 25.6. The van der Waals surface area contributed by atoms with Gasteiger partial charge in [0.2, 0.25) is 5.91 Å². The van der Waals surface area contributed by atoms with Gasteiger partial charge < -0.3 is 10.6 Å². The number of hydrogen-bond acceptors (Lipinski definition) is 4. The Morgan fingerprint density at radius 2 is 1.88 bits per heavy atom. The Balaban J connectivity index is 1.95. The number of carbonyl (C=O) groups excluding carboxylic acids is 1. The van der Waals surface area contributed by atoms with Gasteiger partial charge in [-0.2, -0.15) is 5.10 Å². The number of carbonyl (C=O) groups is 1. The lowest BCUT2D eigenvalue weighted by molar-refractivity contribution is -0.118. The first-order valence-corrected chi connectivity index (χ1v) is 8.24. The Bertz CT molecular complexity index is 983. The second kappa shape index (κ2) is 7.01. The van der Waals surface area contributed by atoms with Gasteiger partial charge >= 0.3 is 0 Å². The third-order valence-electron chi connectivity index (χ3n) is 4.41. The molecule has 1 unspecified atom stereocenters. The Morgan fingerprint density at radius 3 is 2.46 bits per heavy atom. The molecule has 1 atom stereocenters. The predicted molar refractivity (Wildman–Crippen MR) is 99.4 cm³/mol. The van der Waals surface area contributed by atoms with Crippen LogP contribution in [0.4, 0.5) is 5.69 Å². The molecule has 3 rings (SSSR count). The van der Waals surface area contributed by atoms with E-state index in [0.29, 0.717) is 5.69 Å². The van der Waals surface area contributed by atoms with E-state index in [1.807, 2.05) is 30.3 Å². The summed E-state index contributed by atoms with van der Waals surface area (Å²) in [6.07, 6.45) is 3.39. The number of likely N-dealkylation sites (N-methyl/N-ethyl adjacent to an activating group) is 1. The SMILES string of the molecule is CNC(C(=O)Nc1c(C)n(C)n(-c2ccccc2)c1=O)c1cnn(C)c1. The van der Waals surface area contributed by atoms with Gasteiger partial charge in [0, 0.05) is 25.9 Å². The molecule has 1 aromatic carbocycles. The van der Waals surface area contributed by atoms with Crippen molar-refractivity contribution in [2.45, 2.75) is 13.0 Å². The first kappa shape index (κ1) is 17.7. The van der Waals surface area contributed by atoms with Crippen LogP contribution in [0.1, 0.15) is 17.3 Å². The summed E-state index contributed by atoms with van der Waals surface area (Å²) < 4.78 is 4.89. The fourth-order valence-electron chi connectivity index (χ4n) is 2.95. The standard InChI is InChI=1S/C18H22N6O2/c1-12-15(18(26)24(23(12)4)14-8-6-5-7-9-14)21-17(25)16(19-2)13-10-20-22(3)11-13/h5-11,16,19H,1-4H3,(H,21,25). The smallest absolute Gasteiger partial charge is 0.295 e. The number of aryl methyl sites for hydroxylation is 1. The number of nitrogens with one attached hydrogen (secondary N) is 2. The van der Waals surface area contributed by atoms with Gasteiger partial charge in [-0.15, -0.1) is 0 Å². The van der Waals surface area contributed by atoms with Gasteiger partial charge in [0.05, 0.1) is 17.6 Å². The molecule has 0 fully saturated rings. The molecule has 0 spiro atoms. The fourth-order valence-corrected chi connectivity index (χ4v) is 2.95. The lowest BCUT2D eigenvalue weighted by Gasteiger charge is -2.13. The number of hydrogen-bond donors (Lipinski definition) is 2. The first-order valence-electron chi connectivity index (χ1n) is 8.24. The molecule has 2 N–H and O–H groups in total. The van der Waals surface area contributed by atoms with Crippen LogP contribution in [0, 0.1) is 6.92 Å². The van der Waals surface area contributed by atoms with Crippen LogP contribution < -0.4 is 16.2 Å². The second-order valence-corrected chi connectivity index (χ2v) is 6.09. The largest absolute Gasteiger partial charge is 0.318 e. The van der Waals surface area contributed by atoms with E-state index in [2.05, 4.69) is 15.7 Å². The topological polar surface area (TPSA) is 85.9 Å². The number of aromatic nitrogens is 4. The molecular weight excluding hydrogens is 332 g/mol. The van der Waals surface area contributed by atoms with Crippen LogP contribution in [0.3, 0.4) is 0 Å². The molecule has 0 aliphatic rings. The summed E-state index contributed by atoms with van der Waals surface area (Å²) in [5.74, 6) is -0.313. The maximum atomic E-state index is 12.9. The Morgan fingerprint density at radius 1 is 1.19 bits per heavy atom. The second-order valence-electron chi connectivity index (χ2n) is 6.09. The van der Waals surface area contributed by atoms with Crippen molar-refractivity contribution in [3.8, 4) is 5.69 Å². The van der Waals surface area contributed by atoms with E-state index in [9.17, 15) is 9.59 Å². The molecule has 26 heavy (non-hydrogen) atoms. The van der Waals surface area contributed by atoms with E-state index in [-0.39, 0.29) is 17.2 Å². The summed E-state index contributed by atoms with van der Waals surface area (Å²) in [6.45, 7) is 1.80. The lowest BCUT2D eigenvalue weighted by Crippen LogP contribution is -2.32. The van der Waals surface area contributed by atoms with Crippen LogP contribution in [0.15, 0.2) is 47.5 Å². The fraction of sp³-hybridized carbons (Fsp3) is 0.278. The Labute approximate surface area is 151 Å². The highest BCUT2D eigenvalue weighted by molar-refractivity contribution is 5.95. The van der Waals surface area contributed by atoms with Gasteiger partial charge in [0.25, 0.3) is 5.56 Å². The molecule has 2 aromatic heterocycles. The third-order valence-corrected chi connectivity index (χ3v) is 4.41.